The van der Waals surface area contributed by atoms with Crippen LogP contribution >= 0.6 is 7.82 Å². The molecule has 40 heavy (non-hydrogen) atoms. The Balaban J connectivity index is 4.39. The Morgan fingerprint density at radius 3 is 1.88 bits per heavy atom. The van der Waals surface area contributed by atoms with Gasteiger partial charge in [-0.3, -0.25) is 9.36 Å². The van der Waals surface area contributed by atoms with Gasteiger partial charge in [-0.15, -0.1) is 0 Å². The average molecular weight is 591 g/mol. The summed E-state index contributed by atoms with van der Waals surface area (Å²) in [5.41, 5.74) is 0. The molecule has 1 amide bonds. The summed E-state index contributed by atoms with van der Waals surface area (Å²) in [7, 11) is 1.25. The molecule has 0 aliphatic heterocycles. The minimum Gasteiger partial charge on any atom is -0.756 e. The van der Waals surface area contributed by atoms with Crippen molar-refractivity contribution >= 4 is 13.7 Å². The number of nitrogens with one attached hydrogen (secondary N) is 1. The Hall–Kier alpha value is -0.760. The van der Waals surface area contributed by atoms with E-state index in [4.69, 9.17) is 9.05 Å². The van der Waals surface area contributed by atoms with Crippen LogP contribution in [0.1, 0.15) is 129 Å². The van der Waals surface area contributed by atoms with E-state index >= 15 is 0 Å². The molecule has 3 unspecified atom stereocenters. The topological polar surface area (TPSA) is 108 Å². The van der Waals surface area contributed by atoms with Gasteiger partial charge in [-0.2, -0.15) is 0 Å². The van der Waals surface area contributed by atoms with Crippen LogP contribution in [0.2, 0.25) is 0 Å². The first-order valence-electron chi connectivity index (χ1n) is 16.1. The second-order valence-electron chi connectivity index (χ2n) is 12.2. The van der Waals surface area contributed by atoms with Gasteiger partial charge in [0.15, 0.2) is 0 Å². The van der Waals surface area contributed by atoms with Gasteiger partial charge in [0.1, 0.15) is 13.2 Å². The van der Waals surface area contributed by atoms with Crippen molar-refractivity contribution in [1.29, 1.82) is 0 Å². The summed E-state index contributed by atoms with van der Waals surface area (Å²) in [6, 6.07) is -0.874. The van der Waals surface area contributed by atoms with Crippen LogP contribution in [0, 0.1) is 0 Å². The number of likely N-dealkylation sites (N-methyl/N-ethyl adjacent to an activating group) is 1. The van der Waals surface area contributed by atoms with Gasteiger partial charge in [0.2, 0.25) is 5.91 Å². The zero-order valence-corrected chi connectivity index (χ0v) is 27.4. The zero-order valence-electron chi connectivity index (χ0n) is 26.5. The minimum absolute atomic E-state index is 0.0000966. The molecule has 2 N–H and O–H groups in total. The van der Waals surface area contributed by atoms with Gasteiger partial charge in [-0.05, 0) is 19.3 Å². The molecule has 8 nitrogen and oxygen atoms in total. The van der Waals surface area contributed by atoms with Gasteiger partial charge in [0.25, 0.3) is 7.82 Å². The van der Waals surface area contributed by atoms with Crippen LogP contribution in [0.4, 0.5) is 0 Å². The fourth-order valence-electron chi connectivity index (χ4n) is 4.33. The lowest BCUT2D eigenvalue weighted by Crippen LogP contribution is -2.45. The summed E-state index contributed by atoms with van der Waals surface area (Å²) in [6.07, 6.45) is 23.3. The summed E-state index contributed by atoms with van der Waals surface area (Å²) in [5.74, 6) is -0.224. The first-order valence-corrected chi connectivity index (χ1v) is 17.5. The molecular weight excluding hydrogens is 527 g/mol. The Bertz CT molecular complexity index is 683. The molecule has 238 valence electrons. The molecule has 0 aromatic rings. The molecular formula is C31H63N2O6P. The molecule has 0 aliphatic rings. The summed E-state index contributed by atoms with van der Waals surface area (Å²) in [4.78, 5) is 24.6. The van der Waals surface area contributed by atoms with E-state index < -0.39 is 20.0 Å². The predicted molar refractivity (Wildman–Crippen MR) is 164 cm³/mol. The Kier molecular flexibility index (Phi) is 24.3. The van der Waals surface area contributed by atoms with E-state index in [2.05, 4.69) is 19.2 Å². The molecule has 0 aromatic carbocycles. The van der Waals surface area contributed by atoms with Crippen molar-refractivity contribution in [3.63, 3.8) is 0 Å². The number of amides is 1. The van der Waals surface area contributed by atoms with Crippen molar-refractivity contribution in [3.05, 3.63) is 12.2 Å². The number of nitrogens with zero attached hydrogens (tertiary/aromatic N) is 1. The van der Waals surface area contributed by atoms with E-state index in [-0.39, 0.29) is 19.1 Å². The van der Waals surface area contributed by atoms with Crippen molar-refractivity contribution < 1.29 is 32.9 Å². The Morgan fingerprint density at radius 1 is 0.850 bits per heavy atom. The molecule has 3 atom stereocenters. The van der Waals surface area contributed by atoms with Crippen molar-refractivity contribution in [2.45, 2.75) is 142 Å². The van der Waals surface area contributed by atoms with Crippen LogP contribution in [0.25, 0.3) is 0 Å². The summed E-state index contributed by atoms with van der Waals surface area (Å²) in [6.45, 7) is 4.43. The van der Waals surface area contributed by atoms with Crippen LogP contribution < -0.4 is 10.2 Å². The SMILES string of the molecule is CCCCCCCCCCCCCCC/C=C/C(O)C(COP(=O)([O-])OCC[N+](C)(C)C)NC(=O)CCCCC. The number of hydrogen-bond donors (Lipinski definition) is 2. The lowest BCUT2D eigenvalue weighted by Gasteiger charge is -2.29. The van der Waals surface area contributed by atoms with E-state index in [0.29, 0.717) is 17.4 Å². The number of rotatable bonds is 28. The number of allylic oxidation sites excluding steroid dienone is 1. The molecule has 0 saturated carbocycles. The van der Waals surface area contributed by atoms with E-state index in [1.165, 1.54) is 70.6 Å². The average Bonchev–Trinajstić information content (AvgIpc) is 2.88. The highest BCUT2D eigenvalue weighted by Crippen LogP contribution is 2.38. The van der Waals surface area contributed by atoms with Gasteiger partial charge in [0.05, 0.1) is 39.9 Å². The van der Waals surface area contributed by atoms with Gasteiger partial charge in [0, 0.05) is 6.42 Å². The van der Waals surface area contributed by atoms with Crippen LogP contribution in [-0.2, 0) is 18.4 Å². The second-order valence-corrected chi connectivity index (χ2v) is 13.6. The smallest absolute Gasteiger partial charge is 0.268 e. The number of carbonyl (C=O) groups is 1. The number of hydrogen-bond acceptors (Lipinski definition) is 6. The van der Waals surface area contributed by atoms with Gasteiger partial charge in [-0.1, -0.05) is 116 Å². The number of carbonyl (C=O) groups excluding carboxylic acids is 1. The Morgan fingerprint density at radius 2 is 1.35 bits per heavy atom. The van der Waals surface area contributed by atoms with Crippen LogP contribution in [0.15, 0.2) is 12.2 Å². The zero-order chi connectivity index (χ0) is 30.1. The lowest BCUT2D eigenvalue weighted by atomic mass is 10.0. The maximum atomic E-state index is 12.4. The third-order valence-electron chi connectivity index (χ3n) is 7.00. The quantitative estimate of drug-likeness (QED) is 0.0457. The number of phosphoric ester groups is 1. The summed E-state index contributed by atoms with van der Waals surface area (Å²) < 4.78 is 22.8. The van der Waals surface area contributed by atoms with E-state index in [1.54, 1.807) is 6.08 Å². The molecule has 9 heteroatoms. The van der Waals surface area contributed by atoms with E-state index in [0.717, 1.165) is 38.5 Å². The monoisotopic (exact) mass is 590 g/mol. The Labute approximate surface area is 246 Å². The number of aliphatic hydroxyl groups excluding tert-OH is 1. The van der Waals surface area contributed by atoms with Crippen molar-refractivity contribution in [2.24, 2.45) is 0 Å². The normalized spacial score (nSPS) is 15.3. The van der Waals surface area contributed by atoms with Crippen LogP contribution in [-0.4, -0.2) is 68.5 Å². The number of unbranched alkanes of at least 4 members (excludes halogenated alkanes) is 15. The molecule has 0 fully saturated rings. The predicted octanol–water partition coefficient (Wildman–Crippen LogP) is 6.66. The fraction of sp³-hybridized carbons (Fsp3) is 0.903. The molecule has 0 rings (SSSR count). The highest BCUT2D eigenvalue weighted by Gasteiger charge is 2.23. The van der Waals surface area contributed by atoms with Crippen molar-refractivity contribution in [2.75, 3.05) is 40.9 Å². The fourth-order valence-corrected chi connectivity index (χ4v) is 5.05. The third kappa shape index (κ3) is 26.2. The molecule has 0 spiro atoms. The van der Waals surface area contributed by atoms with Gasteiger partial charge < -0.3 is 28.8 Å². The maximum absolute atomic E-state index is 12.4. The molecule has 0 aliphatic carbocycles. The molecule has 0 heterocycles. The van der Waals surface area contributed by atoms with Crippen molar-refractivity contribution in [3.8, 4) is 0 Å². The lowest BCUT2D eigenvalue weighted by molar-refractivity contribution is -0.870. The first kappa shape index (κ1) is 39.2. The van der Waals surface area contributed by atoms with E-state index in [9.17, 15) is 19.4 Å². The summed E-state index contributed by atoms with van der Waals surface area (Å²) >= 11 is 0. The first-order chi connectivity index (χ1) is 19.0. The van der Waals surface area contributed by atoms with E-state index in [1.807, 2.05) is 27.2 Å². The van der Waals surface area contributed by atoms with Gasteiger partial charge in [-0.25, -0.2) is 0 Å². The van der Waals surface area contributed by atoms with Crippen LogP contribution in [0.3, 0.4) is 0 Å². The summed E-state index contributed by atoms with van der Waals surface area (Å²) in [5, 5.41) is 13.4. The largest absolute Gasteiger partial charge is 0.756 e. The minimum atomic E-state index is -4.55. The molecule has 0 radical (unpaired) electrons. The van der Waals surface area contributed by atoms with Crippen molar-refractivity contribution in [1.82, 2.24) is 5.32 Å². The second kappa shape index (κ2) is 24.8. The third-order valence-corrected chi connectivity index (χ3v) is 7.96. The number of quaternary nitrogens is 1. The standard InChI is InChI=1S/C31H63N2O6P/c1-6-8-10-11-12-13-14-15-16-17-18-19-20-21-23-24-30(34)29(32-31(35)25-22-9-7-2)28-39-40(36,37)38-27-26-33(3,4)5/h23-24,29-30,34H,6-22,25-28H2,1-5H3,(H-,32,35,36,37)/b24-23+. The molecule has 0 saturated heterocycles. The maximum Gasteiger partial charge on any atom is 0.268 e. The van der Waals surface area contributed by atoms with Gasteiger partial charge >= 0.3 is 0 Å². The molecule has 0 aromatic heterocycles. The van der Waals surface area contributed by atoms with Crippen LogP contribution in [0.5, 0.6) is 0 Å². The highest BCUT2D eigenvalue weighted by atomic mass is 31.2. The highest BCUT2D eigenvalue weighted by molar-refractivity contribution is 7.45. The number of phosphoric acid groups is 1. The number of aliphatic hydroxyl groups is 1. The molecule has 0 bridgehead atoms.